The summed E-state index contributed by atoms with van der Waals surface area (Å²) in [4.78, 5) is 10.9. The fraction of sp³-hybridized carbons (Fsp3) is 0.0625. The predicted octanol–water partition coefficient (Wildman–Crippen LogP) is 3.70. The number of aromatic carboxylic acids is 1. The van der Waals surface area contributed by atoms with Crippen molar-refractivity contribution in [1.82, 2.24) is 10.2 Å². The number of hydrogen-bond acceptors (Lipinski definition) is 5. The number of carboxylic acid groups (broad SMARTS) is 1. The number of rotatable bonds is 3. The van der Waals surface area contributed by atoms with E-state index >= 15 is 0 Å². The van der Waals surface area contributed by atoms with Gasteiger partial charge in [0.1, 0.15) is 0 Å². The molecular weight excluding hydrogens is 339 g/mol. The van der Waals surface area contributed by atoms with Crippen LogP contribution >= 0.6 is 0 Å². The van der Waals surface area contributed by atoms with Crippen LogP contribution in [-0.4, -0.2) is 21.3 Å². The van der Waals surface area contributed by atoms with Gasteiger partial charge < -0.3 is 15.3 Å². The van der Waals surface area contributed by atoms with Crippen molar-refractivity contribution in [3.05, 3.63) is 53.6 Å². The van der Waals surface area contributed by atoms with E-state index in [0.29, 0.717) is 11.1 Å². The lowest BCUT2D eigenvalue weighted by atomic mass is 10.1. The van der Waals surface area contributed by atoms with Crippen molar-refractivity contribution in [3.63, 3.8) is 0 Å². The number of nitrogens with zero attached hydrogens (tertiary/aromatic N) is 2. The van der Waals surface area contributed by atoms with Gasteiger partial charge in [0.25, 0.3) is 0 Å². The Morgan fingerprint density at radius 2 is 1.68 bits per heavy atom. The van der Waals surface area contributed by atoms with Crippen molar-refractivity contribution in [2.75, 3.05) is 5.73 Å². The molecule has 3 rings (SSSR count). The highest BCUT2D eigenvalue weighted by atomic mass is 19.4. The predicted molar refractivity (Wildman–Crippen MR) is 81.5 cm³/mol. The third kappa shape index (κ3) is 3.30. The average molecular weight is 349 g/mol. The first-order valence-electron chi connectivity index (χ1n) is 6.90. The molecular formula is C16H10F3N3O3. The highest BCUT2D eigenvalue weighted by Gasteiger charge is 2.30. The SMILES string of the molecule is Nc1cc(C(=O)O)ccc1-c1nnc(-c2ccc(C(F)(F)F)cc2)o1. The smallest absolute Gasteiger partial charge is 0.416 e. The van der Waals surface area contributed by atoms with Gasteiger partial charge in [-0.05, 0) is 42.5 Å². The van der Waals surface area contributed by atoms with E-state index in [9.17, 15) is 18.0 Å². The first kappa shape index (κ1) is 16.5. The van der Waals surface area contributed by atoms with Crippen molar-refractivity contribution in [3.8, 4) is 22.9 Å². The molecule has 0 fully saturated rings. The molecule has 0 unspecified atom stereocenters. The van der Waals surface area contributed by atoms with E-state index in [2.05, 4.69) is 10.2 Å². The highest BCUT2D eigenvalue weighted by molar-refractivity contribution is 5.90. The number of carboxylic acids is 1. The molecule has 0 saturated carbocycles. The number of benzene rings is 2. The first-order valence-corrected chi connectivity index (χ1v) is 6.90. The number of carbonyl (C=O) groups is 1. The van der Waals surface area contributed by atoms with Gasteiger partial charge in [-0.1, -0.05) is 0 Å². The molecule has 0 bridgehead atoms. The summed E-state index contributed by atoms with van der Waals surface area (Å²) < 4.78 is 43.2. The monoisotopic (exact) mass is 349 g/mol. The van der Waals surface area contributed by atoms with Gasteiger partial charge in [0, 0.05) is 11.3 Å². The fourth-order valence-corrected chi connectivity index (χ4v) is 2.14. The minimum Gasteiger partial charge on any atom is -0.478 e. The van der Waals surface area contributed by atoms with E-state index in [1.54, 1.807) is 0 Å². The highest BCUT2D eigenvalue weighted by Crippen LogP contribution is 2.32. The fourth-order valence-electron chi connectivity index (χ4n) is 2.14. The molecule has 9 heteroatoms. The number of aromatic nitrogens is 2. The number of nitrogens with two attached hydrogens (primary N) is 1. The van der Waals surface area contributed by atoms with Crippen molar-refractivity contribution in [2.45, 2.75) is 6.18 Å². The van der Waals surface area contributed by atoms with Gasteiger partial charge >= 0.3 is 12.1 Å². The summed E-state index contributed by atoms with van der Waals surface area (Å²) in [5.74, 6) is -1.08. The summed E-state index contributed by atoms with van der Waals surface area (Å²) >= 11 is 0. The molecule has 0 radical (unpaired) electrons. The molecule has 1 aromatic heterocycles. The largest absolute Gasteiger partial charge is 0.478 e. The van der Waals surface area contributed by atoms with Gasteiger partial charge in [0.2, 0.25) is 11.8 Å². The van der Waals surface area contributed by atoms with E-state index in [4.69, 9.17) is 15.3 Å². The van der Waals surface area contributed by atoms with Gasteiger partial charge in [0.15, 0.2) is 0 Å². The summed E-state index contributed by atoms with van der Waals surface area (Å²) in [6, 6.07) is 8.26. The molecule has 0 aliphatic carbocycles. The molecule has 1 heterocycles. The number of anilines is 1. The second-order valence-corrected chi connectivity index (χ2v) is 5.09. The maximum absolute atomic E-state index is 12.6. The maximum atomic E-state index is 12.6. The molecule has 0 amide bonds. The molecule has 0 aliphatic heterocycles. The normalized spacial score (nSPS) is 11.5. The third-order valence-electron chi connectivity index (χ3n) is 3.41. The minimum atomic E-state index is -4.43. The lowest BCUT2D eigenvalue weighted by molar-refractivity contribution is -0.137. The quantitative estimate of drug-likeness (QED) is 0.699. The van der Waals surface area contributed by atoms with Crippen LogP contribution in [0.2, 0.25) is 0 Å². The summed E-state index contributed by atoms with van der Waals surface area (Å²) in [6.45, 7) is 0. The van der Waals surface area contributed by atoms with Crippen LogP contribution in [0.15, 0.2) is 46.9 Å². The Kier molecular flexibility index (Phi) is 3.91. The zero-order chi connectivity index (χ0) is 18.2. The van der Waals surface area contributed by atoms with Crippen LogP contribution in [0.25, 0.3) is 22.9 Å². The summed E-state index contributed by atoms with van der Waals surface area (Å²) in [7, 11) is 0. The van der Waals surface area contributed by atoms with E-state index in [1.807, 2.05) is 0 Å². The summed E-state index contributed by atoms with van der Waals surface area (Å²) in [5, 5.41) is 16.5. The van der Waals surface area contributed by atoms with Crippen LogP contribution in [0.4, 0.5) is 18.9 Å². The number of nitrogen functional groups attached to an aromatic ring is 1. The minimum absolute atomic E-state index is 0.00345. The van der Waals surface area contributed by atoms with Crippen molar-refractivity contribution in [2.24, 2.45) is 0 Å². The van der Waals surface area contributed by atoms with Gasteiger partial charge in [-0.2, -0.15) is 13.2 Å². The lowest BCUT2D eigenvalue weighted by Crippen LogP contribution is -2.03. The molecule has 2 aromatic carbocycles. The van der Waals surface area contributed by atoms with E-state index in [-0.39, 0.29) is 23.0 Å². The molecule has 0 aliphatic rings. The average Bonchev–Trinajstić information content (AvgIpc) is 3.03. The molecule has 3 N–H and O–H groups in total. The van der Waals surface area contributed by atoms with E-state index < -0.39 is 17.7 Å². The lowest BCUT2D eigenvalue weighted by Gasteiger charge is -2.06. The van der Waals surface area contributed by atoms with Crippen LogP contribution in [0.1, 0.15) is 15.9 Å². The van der Waals surface area contributed by atoms with Gasteiger partial charge in [-0.25, -0.2) is 4.79 Å². The first-order chi connectivity index (χ1) is 11.8. The van der Waals surface area contributed by atoms with Gasteiger partial charge in [0.05, 0.1) is 16.7 Å². The maximum Gasteiger partial charge on any atom is 0.416 e. The Balaban J connectivity index is 1.91. The van der Waals surface area contributed by atoms with Crippen LogP contribution < -0.4 is 5.73 Å². The van der Waals surface area contributed by atoms with E-state index in [1.165, 1.54) is 30.3 Å². The number of alkyl halides is 3. The Hall–Kier alpha value is -3.36. The van der Waals surface area contributed by atoms with Gasteiger partial charge in [-0.3, -0.25) is 0 Å². The van der Waals surface area contributed by atoms with Crippen LogP contribution in [-0.2, 0) is 6.18 Å². The Morgan fingerprint density at radius 3 is 2.24 bits per heavy atom. The standard InChI is InChI=1S/C16H10F3N3O3/c17-16(18,19)10-4-1-8(2-5-10)13-21-22-14(25-13)11-6-3-9(15(23)24)7-12(11)20/h1-7H,20H2,(H,23,24). The second-order valence-electron chi connectivity index (χ2n) is 5.09. The summed E-state index contributed by atoms with van der Waals surface area (Å²) in [6.07, 6.45) is -4.43. The van der Waals surface area contributed by atoms with Crippen molar-refractivity contribution < 1.29 is 27.5 Å². The second kappa shape index (κ2) is 5.93. The number of halogens is 3. The molecule has 0 saturated heterocycles. The van der Waals surface area contributed by atoms with Gasteiger partial charge in [-0.15, -0.1) is 10.2 Å². The zero-order valence-corrected chi connectivity index (χ0v) is 12.4. The molecule has 25 heavy (non-hydrogen) atoms. The summed E-state index contributed by atoms with van der Waals surface area (Å²) in [5.41, 5.74) is 5.78. The van der Waals surface area contributed by atoms with Crippen LogP contribution in [0.5, 0.6) is 0 Å². The molecule has 0 spiro atoms. The molecule has 0 atom stereocenters. The van der Waals surface area contributed by atoms with Crippen molar-refractivity contribution in [1.29, 1.82) is 0 Å². The molecule has 6 nitrogen and oxygen atoms in total. The molecule has 3 aromatic rings. The van der Waals surface area contributed by atoms with Crippen LogP contribution in [0, 0.1) is 0 Å². The van der Waals surface area contributed by atoms with Crippen molar-refractivity contribution >= 4 is 11.7 Å². The van der Waals surface area contributed by atoms with Crippen LogP contribution in [0.3, 0.4) is 0 Å². The third-order valence-corrected chi connectivity index (χ3v) is 3.41. The molecule has 128 valence electrons. The Labute approximate surface area is 138 Å². The topological polar surface area (TPSA) is 102 Å². The number of hydrogen-bond donors (Lipinski definition) is 2. The van der Waals surface area contributed by atoms with E-state index in [0.717, 1.165) is 12.1 Å². The zero-order valence-electron chi connectivity index (χ0n) is 12.4. The Morgan fingerprint density at radius 1 is 1.04 bits per heavy atom. The Bertz CT molecular complexity index is 934.